The van der Waals surface area contributed by atoms with E-state index in [1.54, 1.807) is 17.4 Å². The molecule has 1 fully saturated rings. The molecule has 1 saturated heterocycles. The lowest BCUT2D eigenvalue weighted by Gasteiger charge is -2.40. The summed E-state index contributed by atoms with van der Waals surface area (Å²) in [5.74, 6) is -0.537. The number of nitrogens with one attached hydrogen (secondary N) is 2. The zero-order valence-electron chi connectivity index (χ0n) is 26.5. The molecule has 7 rings (SSSR count). The van der Waals surface area contributed by atoms with Crippen LogP contribution >= 0.6 is 34.5 Å². The number of hydrogen-bond donors (Lipinski definition) is 2. The van der Waals surface area contributed by atoms with Crippen LogP contribution in [0.15, 0.2) is 66.4 Å². The van der Waals surface area contributed by atoms with Gasteiger partial charge in [0.2, 0.25) is 0 Å². The third-order valence-corrected chi connectivity index (χ3v) is 10.2. The number of benzene rings is 3. The van der Waals surface area contributed by atoms with Crippen molar-refractivity contribution >= 4 is 72.7 Å². The van der Waals surface area contributed by atoms with E-state index in [4.69, 9.17) is 33.3 Å². The van der Waals surface area contributed by atoms with E-state index in [1.165, 1.54) is 18.3 Å². The lowest BCUT2D eigenvalue weighted by Crippen LogP contribution is -2.46. The van der Waals surface area contributed by atoms with Crippen LogP contribution in [0.2, 0.25) is 10.0 Å². The van der Waals surface area contributed by atoms with Crippen LogP contribution in [0.4, 0.5) is 21.5 Å². The van der Waals surface area contributed by atoms with Gasteiger partial charge in [-0.3, -0.25) is 9.88 Å². The summed E-state index contributed by atoms with van der Waals surface area (Å²) in [4.78, 5) is 11.7. The van der Waals surface area contributed by atoms with Crippen LogP contribution in [-0.2, 0) is 0 Å². The maximum absolute atomic E-state index is 13.9. The van der Waals surface area contributed by atoms with Crippen molar-refractivity contribution < 1.29 is 4.39 Å². The Balaban J connectivity index is 1.28. The molecular formula is C35H32Cl2FN9S. The van der Waals surface area contributed by atoms with Crippen molar-refractivity contribution in [2.24, 2.45) is 0 Å². The van der Waals surface area contributed by atoms with Gasteiger partial charge in [-0.2, -0.15) is 5.26 Å². The number of nitriles is 1. The Labute approximate surface area is 291 Å². The van der Waals surface area contributed by atoms with Crippen LogP contribution < -0.4 is 10.6 Å². The minimum atomic E-state index is -0.537. The number of pyridine rings is 1. The van der Waals surface area contributed by atoms with Crippen LogP contribution in [0.5, 0.6) is 0 Å². The Bertz CT molecular complexity index is 2180. The highest BCUT2D eigenvalue weighted by Crippen LogP contribution is 2.38. The lowest BCUT2D eigenvalue weighted by molar-refractivity contribution is 0.0866. The average Bonchev–Trinajstić information content (AvgIpc) is 3.76. The largest absolute Gasteiger partial charge is 0.373 e. The molecule has 1 aliphatic rings. The number of piperidine rings is 1. The minimum absolute atomic E-state index is 0.0379. The topological polar surface area (TPSA) is 108 Å². The number of para-hydroxylation sites is 1. The third kappa shape index (κ3) is 6.29. The molecular weight excluding hydrogens is 668 g/mol. The van der Waals surface area contributed by atoms with E-state index in [0.29, 0.717) is 38.6 Å². The average molecular weight is 701 g/mol. The predicted molar refractivity (Wildman–Crippen MR) is 191 cm³/mol. The van der Waals surface area contributed by atoms with Crippen molar-refractivity contribution in [3.63, 3.8) is 0 Å². The van der Waals surface area contributed by atoms with Crippen molar-refractivity contribution in [3.05, 3.63) is 99.1 Å². The summed E-state index contributed by atoms with van der Waals surface area (Å²) < 4.78 is 17.0. The standard InChI is InChI=1S/C35H32Cl2FN9S/c1-35(2,3)46-11-9-23(10-12-46)47-18-29(44-45-47)33(24-5-4-6-30-34(24)41-19-48-30)43-22-13-25-31(42-21-7-8-28(38)26(36)14-21)20(16-39)17-40-32(25)27(37)15-22/h4-8,13-15,17-19,23,33,43H,9-12H2,1-3H3,(H,40,42). The molecule has 0 bridgehead atoms. The zero-order valence-corrected chi connectivity index (χ0v) is 28.8. The molecule has 1 unspecified atom stereocenters. The SMILES string of the molecule is CC(C)(C)N1CCC(n2cc(C(Nc3cc(Cl)c4ncc(C#N)c(Nc5ccc(F)c(Cl)c5)c4c3)c3cccc4scnc34)nn2)CC1. The maximum atomic E-state index is 13.9. The second-order valence-corrected chi connectivity index (χ2v) is 14.6. The second kappa shape index (κ2) is 12.9. The number of nitrogens with zero attached hydrogens (tertiary/aromatic N) is 7. The van der Waals surface area contributed by atoms with E-state index in [0.717, 1.165) is 47.4 Å². The molecule has 244 valence electrons. The summed E-state index contributed by atoms with van der Waals surface area (Å²) in [6, 6.07) is 16.1. The molecule has 1 atom stereocenters. The van der Waals surface area contributed by atoms with Gasteiger partial charge < -0.3 is 10.6 Å². The van der Waals surface area contributed by atoms with Crippen LogP contribution in [0.3, 0.4) is 0 Å². The third-order valence-electron chi connectivity index (χ3n) is 8.86. The zero-order chi connectivity index (χ0) is 33.6. The Morgan fingerprint density at radius 1 is 1.02 bits per heavy atom. The number of anilines is 3. The summed E-state index contributed by atoms with van der Waals surface area (Å²) in [5.41, 5.74) is 7.00. The van der Waals surface area contributed by atoms with Gasteiger partial charge in [-0.05, 0) is 70.0 Å². The first-order valence-electron chi connectivity index (χ1n) is 15.6. The number of thiazole rings is 1. The molecule has 3 aromatic heterocycles. The molecule has 0 amide bonds. The van der Waals surface area contributed by atoms with Gasteiger partial charge in [-0.1, -0.05) is 40.5 Å². The van der Waals surface area contributed by atoms with E-state index in [-0.39, 0.29) is 16.6 Å². The number of fused-ring (bicyclic) bond motifs is 2. The van der Waals surface area contributed by atoms with Crippen molar-refractivity contribution in [3.8, 4) is 6.07 Å². The van der Waals surface area contributed by atoms with Gasteiger partial charge in [-0.15, -0.1) is 16.4 Å². The summed E-state index contributed by atoms with van der Waals surface area (Å²) >= 11 is 14.5. The fraction of sp³-hybridized carbons (Fsp3) is 0.286. The Morgan fingerprint density at radius 2 is 1.81 bits per heavy atom. The van der Waals surface area contributed by atoms with E-state index in [2.05, 4.69) is 58.6 Å². The Morgan fingerprint density at radius 3 is 2.56 bits per heavy atom. The van der Waals surface area contributed by atoms with Crippen molar-refractivity contribution in [2.45, 2.75) is 51.2 Å². The molecule has 1 aliphatic heterocycles. The summed E-state index contributed by atoms with van der Waals surface area (Å²) in [6.45, 7) is 8.76. The molecule has 48 heavy (non-hydrogen) atoms. The molecule has 4 heterocycles. The van der Waals surface area contributed by atoms with Crippen molar-refractivity contribution in [1.82, 2.24) is 29.9 Å². The minimum Gasteiger partial charge on any atom is -0.373 e. The van der Waals surface area contributed by atoms with Gasteiger partial charge in [0.1, 0.15) is 17.6 Å². The number of aromatic nitrogens is 5. The highest BCUT2D eigenvalue weighted by Gasteiger charge is 2.29. The quantitative estimate of drug-likeness (QED) is 0.170. The highest BCUT2D eigenvalue weighted by atomic mass is 35.5. The summed E-state index contributed by atoms with van der Waals surface area (Å²) in [6.07, 6.45) is 5.47. The fourth-order valence-corrected chi connectivity index (χ4v) is 7.46. The van der Waals surface area contributed by atoms with Crippen LogP contribution in [0.1, 0.15) is 62.5 Å². The molecule has 2 N–H and O–H groups in total. The molecule has 9 nitrogen and oxygen atoms in total. The molecule has 0 spiro atoms. The number of hydrogen-bond acceptors (Lipinski definition) is 9. The summed E-state index contributed by atoms with van der Waals surface area (Å²) in [7, 11) is 0. The van der Waals surface area contributed by atoms with Gasteiger partial charge in [-0.25, -0.2) is 14.1 Å². The van der Waals surface area contributed by atoms with E-state index < -0.39 is 11.9 Å². The maximum Gasteiger partial charge on any atom is 0.141 e. The van der Waals surface area contributed by atoms with Crippen LogP contribution in [-0.4, -0.2) is 48.5 Å². The molecule has 6 aromatic rings. The van der Waals surface area contributed by atoms with Gasteiger partial charge >= 0.3 is 0 Å². The van der Waals surface area contributed by atoms with E-state index >= 15 is 0 Å². The Hall–Kier alpha value is -4.34. The molecule has 0 saturated carbocycles. The first-order chi connectivity index (χ1) is 23.1. The second-order valence-electron chi connectivity index (χ2n) is 12.9. The van der Waals surface area contributed by atoms with Gasteiger partial charge in [0, 0.05) is 47.1 Å². The first-order valence-corrected chi connectivity index (χ1v) is 17.2. The van der Waals surface area contributed by atoms with Gasteiger partial charge in [0.05, 0.1) is 60.8 Å². The Kier molecular flexibility index (Phi) is 8.68. The van der Waals surface area contributed by atoms with Crippen LogP contribution in [0.25, 0.3) is 21.1 Å². The normalized spacial score (nSPS) is 15.1. The molecule has 13 heteroatoms. The predicted octanol–water partition coefficient (Wildman–Crippen LogP) is 9.13. The molecule has 0 radical (unpaired) electrons. The smallest absolute Gasteiger partial charge is 0.141 e. The lowest BCUT2D eigenvalue weighted by atomic mass is 9.98. The highest BCUT2D eigenvalue weighted by molar-refractivity contribution is 7.16. The van der Waals surface area contributed by atoms with Crippen LogP contribution in [0, 0.1) is 17.1 Å². The fourth-order valence-electron chi connectivity index (χ4n) is 6.30. The number of likely N-dealkylation sites (tertiary alicyclic amines) is 1. The molecule has 3 aromatic carbocycles. The monoisotopic (exact) mass is 699 g/mol. The van der Waals surface area contributed by atoms with E-state index in [9.17, 15) is 9.65 Å². The molecule has 0 aliphatic carbocycles. The van der Waals surface area contributed by atoms with Crippen molar-refractivity contribution in [2.75, 3.05) is 23.7 Å². The summed E-state index contributed by atoms with van der Waals surface area (Å²) in [5, 5.41) is 27.2. The van der Waals surface area contributed by atoms with Gasteiger partial charge in [0.25, 0.3) is 0 Å². The van der Waals surface area contributed by atoms with Crippen molar-refractivity contribution in [1.29, 1.82) is 5.26 Å². The number of halogens is 3. The number of rotatable bonds is 7. The van der Waals surface area contributed by atoms with E-state index in [1.807, 2.05) is 40.7 Å². The first kappa shape index (κ1) is 32.2. The van der Waals surface area contributed by atoms with Gasteiger partial charge in [0.15, 0.2) is 0 Å².